The van der Waals surface area contributed by atoms with Gasteiger partial charge in [-0.15, -0.1) is 0 Å². The fraction of sp³-hybridized carbons (Fsp3) is 0.429. The first-order chi connectivity index (χ1) is 13.2. The van der Waals surface area contributed by atoms with Crippen molar-refractivity contribution in [2.75, 3.05) is 20.1 Å². The Labute approximate surface area is 165 Å². The number of rotatable bonds is 7. The quantitative estimate of drug-likeness (QED) is 0.587. The lowest BCUT2D eigenvalue weighted by Crippen LogP contribution is -2.38. The number of nitrogens with zero attached hydrogens (tertiary/aromatic N) is 3. The Balaban J connectivity index is 1.64. The maximum atomic E-state index is 11.8. The van der Waals surface area contributed by atoms with Crippen LogP contribution >= 0.6 is 11.3 Å². The normalized spacial score (nSPS) is 14.7. The van der Waals surface area contributed by atoms with Gasteiger partial charge in [0.05, 0.1) is 6.54 Å². The maximum absolute atomic E-state index is 11.8. The molecule has 1 aliphatic rings. The lowest BCUT2D eigenvalue weighted by atomic mass is 10.1. The minimum atomic E-state index is 0.267. The summed E-state index contributed by atoms with van der Waals surface area (Å²) in [5, 5.41) is 7.64. The van der Waals surface area contributed by atoms with Crippen LogP contribution in [0.25, 0.3) is 0 Å². The smallest absolute Gasteiger partial charge is 0.222 e. The third-order valence-electron chi connectivity index (χ3n) is 4.64. The second kappa shape index (κ2) is 9.55. The SMILES string of the molecule is CCNC(=NCc1cccc(CN2CCCC2=O)c1)N(C)Cc1ccsc1. The Morgan fingerprint density at radius 2 is 2.15 bits per heavy atom. The molecule has 0 spiro atoms. The van der Waals surface area contributed by atoms with Crippen LogP contribution < -0.4 is 5.32 Å². The molecule has 2 heterocycles. The number of hydrogen-bond acceptors (Lipinski definition) is 3. The fourth-order valence-electron chi connectivity index (χ4n) is 3.29. The Morgan fingerprint density at radius 1 is 1.30 bits per heavy atom. The predicted molar refractivity (Wildman–Crippen MR) is 112 cm³/mol. The molecular weight excluding hydrogens is 356 g/mol. The third kappa shape index (κ3) is 5.57. The van der Waals surface area contributed by atoms with Gasteiger partial charge in [0.1, 0.15) is 0 Å². The molecule has 144 valence electrons. The Hall–Kier alpha value is -2.34. The van der Waals surface area contributed by atoms with E-state index in [9.17, 15) is 4.79 Å². The van der Waals surface area contributed by atoms with Crippen LogP contribution in [0.3, 0.4) is 0 Å². The number of guanidine groups is 1. The van der Waals surface area contributed by atoms with Gasteiger partial charge in [0.2, 0.25) is 5.91 Å². The Morgan fingerprint density at radius 3 is 2.85 bits per heavy atom. The summed E-state index contributed by atoms with van der Waals surface area (Å²) < 4.78 is 0. The van der Waals surface area contributed by atoms with E-state index >= 15 is 0 Å². The highest BCUT2D eigenvalue weighted by Crippen LogP contribution is 2.16. The summed E-state index contributed by atoms with van der Waals surface area (Å²) in [6.45, 7) is 5.96. The number of hydrogen-bond donors (Lipinski definition) is 1. The standard InChI is InChI=1S/C21H28N4OS/c1-3-22-21(24(2)14-19-9-11-27-16-19)23-13-17-6-4-7-18(12-17)15-25-10-5-8-20(25)26/h4,6-7,9,11-12,16H,3,5,8,10,13-15H2,1-2H3,(H,22,23). The van der Waals surface area contributed by atoms with E-state index in [-0.39, 0.29) is 5.91 Å². The van der Waals surface area contributed by atoms with Crippen LogP contribution in [0.1, 0.15) is 36.5 Å². The fourth-order valence-corrected chi connectivity index (χ4v) is 3.94. The number of thiophene rings is 1. The van der Waals surface area contributed by atoms with Crippen molar-refractivity contribution >= 4 is 23.2 Å². The van der Waals surface area contributed by atoms with E-state index in [4.69, 9.17) is 4.99 Å². The summed E-state index contributed by atoms with van der Waals surface area (Å²) in [5.74, 6) is 1.17. The highest BCUT2D eigenvalue weighted by molar-refractivity contribution is 7.07. The summed E-state index contributed by atoms with van der Waals surface area (Å²) in [4.78, 5) is 20.7. The molecular formula is C21H28N4OS. The molecule has 1 aliphatic heterocycles. The van der Waals surface area contributed by atoms with E-state index in [1.807, 2.05) is 4.90 Å². The molecule has 1 aromatic carbocycles. The van der Waals surface area contributed by atoms with Gasteiger partial charge in [-0.3, -0.25) is 4.79 Å². The molecule has 2 aromatic rings. The molecule has 0 atom stereocenters. The van der Waals surface area contributed by atoms with Crippen molar-refractivity contribution in [2.24, 2.45) is 4.99 Å². The highest BCUT2D eigenvalue weighted by atomic mass is 32.1. The van der Waals surface area contributed by atoms with Crippen LogP contribution in [0.2, 0.25) is 0 Å². The molecule has 1 amide bonds. The zero-order chi connectivity index (χ0) is 19.1. The van der Waals surface area contributed by atoms with E-state index in [0.29, 0.717) is 19.5 Å². The second-order valence-electron chi connectivity index (χ2n) is 6.90. The monoisotopic (exact) mass is 384 g/mol. The minimum Gasteiger partial charge on any atom is -0.357 e. The van der Waals surface area contributed by atoms with E-state index in [0.717, 1.165) is 32.0 Å². The number of benzene rings is 1. The van der Waals surface area contributed by atoms with Crippen LogP contribution in [-0.4, -0.2) is 41.8 Å². The number of carbonyl (C=O) groups excluding carboxylic acids is 1. The van der Waals surface area contributed by atoms with Gasteiger partial charge in [0.25, 0.3) is 0 Å². The predicted octanol–water partition coefficient (Wildman–Crippen LogP) is 3.47. The van der Waals surface area contributed by atoms with Gasteiger partial charge in [-0.05, 0) is 46.9 Å². The minimum absolute atomic E-state index is 0.267. The van der Waals surface area contributed by atoms with Crippen LogP contribution in [0.5, 0.6) is 0 Å². The van der Waals surface area contributed by atoms with Crippen LogP contribution in [0.4, 0.5) is 0 Å². The van der Waals surface area contributed by atoms with Crippen molar-refractivity contribution in [3.05, 3.63) is 57.8 Å². The van der Waals surface area contributed by atoms with E-state index in [1.54, 1.807) is 11.3 Å². The van der Waals surface area contributed by atoms with Gasteiger partial charge in [0, 0.05) is 39.6 Å². The summed E-state index contributed by atoms with van der Waals surface area (Å²) in [6.07, 6.45) is 1.66. The van der Waals surface area contributed by atoms with Crippen LogP contribution in [0, 0.1) is 0 Å². The number of carbonyl (C=O) groups is 1. The number of amides is 1. The summed E-state index contributed by atoms with van der Waals surface area (Å²) in [7, 11) is 2.06. The average Bonchev–Trinajstić information content (AvgIpc) is 3.31. The van der Waals surface area contributed by atoms with Gasteiger partial charge >= 0.3 is 0 Å². The first kappa shape index (κ1) is 19.4. The Bertz CT molecular complexity index is 772. The van der Waals surface area contributed by atoms with Crippen LogP contribution in [0.15, 0.2) is 46.1 Å². The molecule has 1 N–H and O–H groups in total. The first-order valence-corrected chi connectivity index (χ1v) is 10.5. The summed E-state index contributed by atoms with van der Waals surface area (Å²) in [5.41, 5.74) is 3.64. The molecule has 0 bridgehead atoms. The van der Waals surface area contributed by atoms with Crippen molar-refractivity contribution in [1.82, 2.24) is 15.1 Å². The van der Waals surface area contributed by atoms with Gasteiger partial charge in [0.15, 0.2) is 5.96 Å². The van der Waals surface area contributed by atoms with Gasteiger partial charge in [-0.2, -0.15) is 11.3 Å². The first-order valence-electron chi connectivity index (χ1n) is 9.52. The second-order valence-corrected chi connectivity index (χ2v) is 7.68. The zero-order valence-electron chi connectivity index (χ0n) is 16.1. The lowest BCUT2D eigenvalue weighted by Gasteiger charge is -2.21. The Kier molecular flexibility index (Phi) is 6.87. The highest BCUT2D eigenvalue weighted by Gasteiger charge is 2.19. The summed E-state index contributed by atoms with van der Waals surface area (Å²) >= 11 is 1.72. The molecule has 1 aromatic heterocycles. The number of nitrogens with one attached hydrogen (secondary N) is 1. The molecule has 6 heteroatoms. The lowest BCUT2D eigenvalue weighted by molar-refractivity contribution is -0.128. The number of aliphatic imine (C=N–C) groups is 1. The molecule has 1 fully saturated rings. The molecule has 0 saturated carbocycles. The molecule has 5 nitrogen and oxygen atoms in total. The van der Waals surface area contributed by atoms with Gasteiger partial charge in [-0.1, -0.05) is 24.3 Å². The van der Waals surface area contributed by atoms with Crippen molar-refractivity contribution in [3.63, 3.8) is 0 Å². The zero-order valence-corrected chi connectivity index (χ0v) is 17.0. The van der Waals surface area contributed by atoms with Crippen molar-refractivity contribution in [1.29, 1.82) is 0 Å². The molecule has 0 radical (unpaired) electrons. The topological polar surface area (TPSA) is 47.9 Å². The van der Waals surface area contributed by atoms with E-state index < -0.39 is 0 Å². The van der Waals surface area contributed by atoms with Crippen molar-refractivity contribution in [3.8, 4) is 0 Å². The molecule has 3 rings (SSSR count). The van der Waals surface area contributed by atoms with Crippen LogP contribution in [-0.2, 0) is 24.4 Å². The molecule has 1 saturated heterocycles. The van der Waals surface area contributed by atoms with Crippen molar-refractivity contribution in [2.45, 2.75) is 39.4 Å². The largest absolute Gasteiger partial charge is 0.357 e. The molecule has 27 heavy (non-hydrogen) atoms. The molecule has 0 aliphatic carbocycles. The third-order valence-corrected chi connectivity index (χ3v) is 5.38. The van der Waals surface area contributed by atoms with E-state index in [2.05, 4.69) is 65.3 Å². The maximum Gasteiger partial charge on any atom is 0.222 e. The summed E-state index contributed by atoms with van der Waals surface area (Å²) in [6, 6.07) is 10.6. The van der Waals surface area contributed by atoms with Gasteiger partial charge < -0.3 is 15.1 Å². The van der Waals surface area contributed by atoms with Crippen molar-refractivity contribution < 1.29 is 4.79 Å². The van der Waals surface area contributed by atoms with E-state index in [1.165, 1.54) is 16.7 Å². The number of likely N-dealkylation sites (tertiary alicyclic amines) is 1. The average molecular weight is 385 g/mol. The van der Waals surface area contributed by atoms with Gasteiger partial charge in [-0.25, -0.2) is 4.99 Å². The molecule has 0 unspecified atom stereocenters.